The molecule has 1 aromatic carbocycles. The van der Waals surface area contributed by atoms with Gasteiger partial charge in [0.2, 0.25) is 0 Å². The number of phenolic OH excluding ortho intramolecular Hbond substituents is 1. The maximum atomic E-state index is 13.5. The molecule has 34 heavy (non-hydrogen) atoms. The van der Waals surface area contributed by atoms with Gasteiger partial charge in [0.25, 0.3) is 5.56 Å². The zero-order valence-electron chi connectivity index (χ0n) is 20.5. The molecule has 8 heteroatoms. The summed E-state index contributed by atoms with van der Waals surface area (Å²) in [6.07, 6.45) is 1.54. The van der Waals surface area contributed by atoms with E-state index >= 15 is 0 Å². The maximum Gasteiger partial charge on any atom is 0.294 e. The summed E-state index contributed by atoms with van der Waals surface area (Å²) in [6, 6.07) is 6.95. The third-order valence-corrected chi connectivity index (χ3v) is 6.68. The predicted octanol–water partition coefficient (Wildman–Crippen LogP) is 5.60. The van der Waals surface area contributed by atoms with Crippen molar-refractivity contribution in [2.45, 2.75) is 65.8 Å². The van der Waals surface area contributed by atoms with Gasteiger partial charge in [-0.15, -0.1) is 11.3 Å². The van der Waals surface area contributed by atoms with E-state index in [2.05, 4.69) is 10.1 Å². The van der Waals surface area contributed by atoms with Gasteiger partial charge in [-0.25, -0.2) is 9.67 Å². The molecule has 0 radical (unpaired) electrons. The summed E-state index contributed by atoms with van der Waals surface area (Å²) in [4.78, 5) is 31.0. The Balaban J connectivity index is 1.85. The lowest BCUT2D eigenvalue weighted by Gasteiger charge is -2.28. The Bertz CT molecular complexity index is 1410. The van der Waals surface area contributed by atoms with Gasteiger partial charge in [-0.2, -0.15) is 5.10 Å². The monoisotopic (exact) mass is 479 g/mol. The molecular formula is C26H29N3O4S. The predicted molar refractivity (Wildman–Crippen MR) is 134 cm³/mol. The number of aromatic nitrogens is 3. The normalized spacial score (nSPS) is 12.4. The highest BCUT2D eigenvalue weighted by Crippen LogP contribution is 2.40. The molecule has 0 saturated carbocycles. The number of carbonyl (C=O) groups is 1. The average molecular weight is 480 g/mol. The van der Waals surface area contributed by atoms with E-state index in [0.29, 0.717) is 32.8 Å². The number of phenols is 1. The van der Waals surface area contributed by atoms with Crippen molar-refractivity contribution in [3.05, 3.63) is 62.6 Å². The summed E-state index contributed by atoms with van der Waals surface area (Å²) in [5, 5.41) is 16.2. The molecule has 3 heterocycles. The van der Waals surface area contributed by atoms with Gasteiger partial charge < -0.3 is 9.52 Å². The second-order valence-electron chi connectivity index (χ2n) is 10.5. The number of nitrogens with zero attached hydrogens (tertiary/aromatic N) is 3. The topological polar surface area (TPSA) is 98.2 Å². The van der Waals surface area contributed by atoms with Crippen LogP contribution in [0, 0.1) is 6.92 Å². The summed E-state index contributed by atoms with van der Waals surface area (Å²) in [5.41, 5.74) is 1.38. The summed E-state index contributed by atoms with van der Waals surface area (Å²) >= 11 is 1.37. The Morgan fingerprint density at radius 2 is 1.74 bits per heavy atom. The van der Waals surface area contributed by atoms with Gasteiger partial charge in [0, 0.05) is 16.7 Å². The molecule has 3 aromatic heterocycles. The molecule has 0 unspecified atom stereocenters. The number of carbonyl (C=O) groups excluding carboxylic acids is 1. The third-order valence-electron chi connectivity index (χ3n) is 5.70. The van der Waals surface area contributed by atoms with Gasteiger partial charge in [0.15, 0.2) is 17.1 Å². The highest BCUT2D eigenvalue weighted by molar-refractivity contribution is 7.19. The minimum Gasteiger partial charge on any atom is -0.507 e. The molecule has 0 spiro atoms. The smallest absolute Gasteiger partial charge is 0.294 e. The van der Waals surface area contributed by atoms with Crippen LogP contribution in [-0.2, 0) is 17.4 Å². The van der Waals surface area contributed by atoms with Crippen LogP contribution in [0.5, 0.6) is 5.75 Å². The first kappa shape index (κ1) is 23.9. The minimum atomic E-state index is -0.422. The molecule has 7 nitrogen and oxygen atoms in total. The van der Waals surface area contributed by atoms with Crippen LogP contribution in [0.4, 0.5) is 0 Å². The number of rotatable bonds is 4. The molecule has 0 aliphatic heterocycles. The second kappa shape index (κ2) is 8.20. The van der Waals surface area contributed by atoms with Crippen molar-refractivity contribution in [2.24, 2.45) is 0 Å². The lowest BCUT2D eigenvalue weighted by molar-refractivity contribution is 0.0965. The van der Waals surface area contributed by atoms with Crippen molar-refractivity contribution < 1.29 is 14.3 Å². The molecule has 0 saturated heterocycles. The number of ketones is 1. The number of fused-ring (bicyclic) bond motifs is 1. The zero-order chi connectivity index (χ0) is 25.0. The highest BCUT2D eigenvalue weighted by Gasteiger charge is 2.28. The van der Waals surface area contributed by atoms with Crippen LogP contribution in [0.1, 0.15) is 68.0 Å². The first-order chi connectivity index (χ1) is 15.8. The van der Waals surface area contributed by atoms with Crippen molar-refractivity contribution >= 4 is 27.3 Å². The first-order valence-corrected chi connectivity index (χ1v) is 11.9. The maximum absolute atomic E-state index is 13.5. The molecule has 0 aliphatic rings. The van der Waals surface area contributed by atoms with Crippen molar-refractivity contribution in [3.8, 4) is 17.2 Å². The number of hydrogen-bond donors (Lipinski definition) is 1. The number of benzene rings is 1. The van der Waals surface area contributed by atoms with Crippen LogP contribution in [0.3, 0.4) is 0 Å². The van der Waals surface area contributed by atoms with Gasteiger partial charge in [-0.05, 0) is 42.0 Å². The van der Waals surface area contributed by atoms with E-state index in [9.17, 15) is 14.7 Å². The largest absolute Gasteiger partial charge is 0.507 e. The Labute approximate surface area is 202 Å². The molecule has 0 atom stereocenters. The third kappa shape index (κ3) is 4.30. The van der Waals surface area contributed by atoms with E-state index in [4.69, 9.17) is 4.42 Å². The van der Waals surface area contributed by atoms with E-state index in [1.807, 2.05) is 48.5 Å². The van der Waals surface area contributed by atoms with E-state index in [1.54, 1.807) is 24.3 Å². The van der Waals surface area contributed by atoms with E-state index in [1.165, 1.54) is 17.6 Å². The van der Waals surface area contributed by atoms with Gasteiger partial charge in [-0.1, -0.05) is 41.5 Å². The molecule has 178 valence electrons. The summed E-state index contributed by atoms with van der Waals surface area (Å²) in [6.45, 7) is 13.5. The average Bonchev–Trinajstić information content (AvgIpc) is 3.38. The first-order valence-electron chi connectivity index (χ1n) is 11.1. The summed E-state index contributed by atoms with van der Waals surface area (Å²) < 4.78 is 7.32. The molecule has 0 amide bonds. The number of aromatic hydroxyl groups is 1. The Morgan fingerprint density at radius 3 is 2.26 bits per heavy atom. The number of furan rings is 1. The lowest BCUT2D eigenvalue weighted by atomic mass is 9.78. The Kier molecular flexibility index (Phi) is 5.76. The summed E-state index contributed by atoms with van der Waals surface area (Å²) in [7, 11) is 0. The lowest BCUT2D eigenvalue weighted by Crippen LogP contribution is -2.28. The molecular weight excluding hydrogens is 450 g/mol. The van der Waals surface area contributed by atoms with Crippen molar-refractivity contribution in [1.29, 1.82) is 0 Å². The molecule has 0 bridgehead atoms. The number of thiazole rings is 1. The molecule has 4 rings (SSSR count). The van der Waals surface area contributed by atoms with E-state index < -0.39 is 5.56 Å². The molecule has 0 fully saturated rings. The van der Waals surface area contributed by atoms with Crippen molar-refractivity contribution in [2.75, 3.05) is 0 Å². The van der Waals surface area contributed by atoms with E-state index in [0.717, 1.165) is 9.69 Å². The van der Waals surface area contributed by atoms with Crippen molar-refractivity contribution in [1.82, 2.24) is 14.8 Å². The number of aryl methyl sites for hydroxylation is 1. The van der Waals surface area contributed by atoms with Gasteiger partial charge in [0.05, 0.1) is 16.0 Å². The number of Topliss-reactive ketones (excluding diaryl/α,β-unsaturated/α-hetero) is 1. The Morgan fingerprint density at radius 1 is 1.12 bits per heavy atom. The fourth-order valence-electron chi connectivity index (χ4n) is 3.91. The molecule has 0 aliphatic carbocycles. The Hall–Kier alpha value is -3.26. The second-order valence-corrected chi connectivity index (χ2v) is 11.7. The SMILES string of the molecule is Cc1nc2c(=O)n(CC(=O)c3cc(C(C)(C)C)c(O)c(C(C)(C)C)c3)nc(-c3ccco3)c2s1. The fraction of sp³-hybridized carbons (Fsp3) is 0.385. The summed E-state index contributed by atoms with van der Waals surface area (Å²) in [5.74, 6) is 0.429. The quantitative estimate of drug-likeness (QED) is 0.382. The van der Waals surface area contributed by atoms with Crippen LogP contribution >= 0.6 is 11.3 Å². The van der Waals surface area contributed by atoms with Crippen LogP contribution in [0.15, 0.2) is 39.7 Å². The highest BCUT2D eigenvalue weighted by atomic mass is 32.1. The van der Waals surface area contributed by atoms with Crippen LogP contribution in [0.2, 0.25) is 0 Å². The van der Waals surface area contributed by atoms with Crippen LogP contribution in [-0.4, -0.2) is 25.7 Å². The molecule has 1 N–H and O–H groups in total. The van der Waals surface area contributed by atoms with Gasteiger partial charge in [0.1, 0.15) is 18.0 Å². The van der Waals surface area contributed by atoms with Crippen molar-refractivity contribution in [3.63, 3.8) is 0 Å². The fourth-order valence-corrected chi connectivity index (χ4v) is 4.81. The standard InChI is InChI=1S/C26H29N3O4S/c1-14-27-21-23(34-14)20(19-9-8-10-33-19)28-29(24(21)32)13-18(30)15-11-16(25(2,3)4)22(31)17(12-15)26(5,6)7/h8-12,31H,13H2,1-7H3. The number of hydrogen-bond acceptors (Lipinski definition) is 7. The van der Waals surface area contributed by atoms with Crippen LogP contribution < -0.4 is 5.56 Å². The van der Waals surface area contributed by atoms with Gasteiger partial charge in [-0.3, -0.25) is 9.59 Å². The van der Waals surface area contributed by atoms with E-state index in [-0.39, 0.29) is 34.4 Å². The van der Waals surface area contributed by atoms with Gasteiger partial charge >= 0.3 is 0 Å². The zero-order valence-corrected chi connectivity index (χ0v) is 21.3. The molecule has 4 aromatic rings. The minimum absolute atomic E-state index is 0.200. The van der Waals surface area contributed by atoms with Crippen LogP contribution in [0.25, 0.3) is 21.7 Å².